The first-order valence-corrected chi connectivity index (χ1v) is 9.58. The molecule has 0 spiro atoms. The molecule has 0 radical (unpaired) electrons. The number of benzene rings is 1. The van der Waals surface area contributed by atoms with Crippen LogP contribution < -0.4 is 9.80 Å². The van der Waals surface area contributed by atoms with E-state index < -0.39 is 0 Å². The number of piperazine rings is 1. The van der Waals surface area contributed by atoms with Crippen molar-refractivity contribution >= 4 is 17.4 Å². The molecule has 0 atom stereocenters. The van der Waals surface area contributed by atoms with Gasteiger partial charge in [-0.1, -0.05) is 12.1 Å². The van der Waals surface area contributed by atoms with Gasteiger partial charge in [0.1, 0.15) is 23.7 Å². The van der Waals surface area contributed by atoms with E-state index in [1.54, 1.807) is 12.1 Å². The largest absolute Gasteiger partial charge is 0.366 e. The highest BCUT2D eigenvalue weighted by molar-refractivity contribution is 5.93. The first kappa shape index (κ1) is 17.7. The molecule has 1 amide bonds. The van der Waals surface area contributed by atoms with E-state index in [9.17, 15) is 9.18 Å². The number of nitrogens with zero attached hydrogens (tertiary/aromatic N) is 5. The summed E-state index contributed by atoms with van der Waals surface area (Å²) in [6, 6.07) is 8.65. The zero-order valence-corrected chi connectivity index (χ0v) is 15.4. The highest BCUT2D eigenvalue weighted by atomic mass is 19.1. The number of halogens is 1. The predicted molar refractivity (Wildman–Crippen MR) is 103 cm³/mol. The first-order valence-electron chi connectivity index (χ1n) is 9.58. The lowest BCUT2D eigenvalue weighted by Gasteiger charge is -2.36. The minimum Gasteiger partial charge on any atom is -0.366 e. The van der Waals surface area contributed by atoms with Crippen LogP contribution in [0.3, 0.4) is 0 Å². The van der Waals surface area contributed by atoms with Crippen LogP contribution in [0.5, 0.6) is 0 Å². The van der Waals surface area contributed by atoms with Gasteiger partial charge in [-0.3, -0.25) is 4.79 Å². The Kier molecular flexibility index (Phi) is 5.18. The SMILES string of the molecule is O=C(c1cc(N2CCN(c3ccccc3F)CC2)ncn1)N1CCCCC1. The summed E-state index contributed by atoms with van der Waals surface area (Å²) in [5.74, 6) is 0.560. The molecule has 1 aromatic carbocycles. The molecule has 2 aliphatic heterocycles. The van der Waals surface area contributed by atoms with Crippen LogP contribution in [0.4, 0.5) is 15.9 Å². The fraction of sp³-hybridized carbons (Fsp3) is 0.450. The fourth-order valence-corrected chi connectivity index (χ4v) is 3.78. The summed E-state index contributed by atoms with van der Waals surface area (Å²) in [5.41, 5.74) is 1.10. The van der Waals surface area contributed by atoms with Crippen molar-refractivity contribution in [1.82, 2.24) is 14.9 Å². The van der Waals surface area contributed by atoms with Gasteiger partial charge in [0.15, 0.2) is 0 Å². The number of rotatable bonds is 3. The van der Waals surface area contributed by atoms with Crippen molar-refractivity contribution in [2.75, 3.05) is 49.1 Å². The van der Waals surface area contributed by atoms with Crippen LogP contribution in [-0.2, 0) is 0 Å². The number of carbonyl (C=O) groups excluding carboxylic acids is 1. The Hall–Kier alpha value is -2.70. The maximum Gasteiger partial charge on any atom is 0.272 e. The second kappa shape index (κ2) is 7.90. The molecule has 142 valence electrons. The third-order valence-corrected chi connectivity index (χ3v) is 5.31. The van der Waals surface area contributed by atoms with E-state index in [4.69, 9.17) is 0 Å². The summed E-state index contributed by atoms with van der Waals surface area (Å²) < 4.78 is 14.0. The monoisotopic (exact) mass is 369 g/mol. The highest BCUT2D eigenvalue weighted by Crippen LogP contribution is 2.22. The molecule has 2 saturated heterocycles. The van der Waals surface area contributed by atoms with Crippen molar-refractivity contribution in [1.29, 1.82) is 0 Å². The number of hydrogen-bond donors (Lipinski definition) is 0. The van der Waals surface area contributed by atoms with Crippen molar-refractivity contribution < 1.29 is 9.18 Å². The van der Waals surface area contributed by atoms with E-state index in [1.165, 1.54) is 18.8 Å². The second-order valence-electron chi connectivity index (χ2n) is 7.04. The predicted octanol–water partition coefficient (Wildman–Crippen LogP) is 2.57. The summed E-state index contributed by atoms with van der Waals surface area (Å²) in [4.78, 5) is 27.3. The van der Waals surface area contributed by atoms with E-state index in [-0.39, 0.29) is 11.7 Å². The van der Waals surface area contributed by atoms with Crippen molar-refractivity contribution in [2.45, 2.75) is 19.3 Å². The van der Waals surface area contributed by atoms with Crippen LogP contribution in [0, 0.1) is 5.82 Å². The maximum atomic E-state index is 14.0. The van der Waals surface area contributed by atoms with Crippen molar-refractivity contribution in [3.8, 4) is 0 Å². The molecule has 1 aromatic heterocycles. The Labute approximate surface area is 158 Å². The van der Waals surface area contributed by atoms with Gasteiger partial charge in [-0.25, -0.2) is 14.4 Å². The number of hydrogen-bond acceptors (Lipinski definition) is 5. The Morgan fingerprint density at radius 3 is 2.33 bits per heavy atom. The molecule has 2 fully saturated rings. The Balaban J connectivity index is 1.43. The van der Waals surface area contributed by atoms with Gasteiger partial charge in [-0.05, 0) is 31.4 Å². The molecule has 2 aliphatic rings. The van der Waals surface area contributed by atoms with Crippen molar-refractivity contribution in [3.63, 3.8) is 0 Å². The molecule has 0 bridgehead atoms. The third kappa shape index (κ3) is 3.86. The molecule has 0 saturated carbocycles. The molecule has 4 rings (SSSR count). The maximum absolute atomic E-state index is 14.0. The van der Waals surface area contributed by atoms with Crippen LogP contribution in [-0.4, -0.2) is 60.0 Å². The van der Waals surface area contributed by atoms with E-state index in [0.29, 0.717) is 24.5 Å². The van der Waals surface area contributed by atoms with Gasteiger partial charge < -0.3 is 14.7 Å². The van der Waals surface area contributed by atoms with Crippen LogP contribution >= 0.6 is 0 Å². The highest BCUT2D eigenvalue weighted by Gasteiger charge is 2.23. The lowest BCUT2D eigenvalue weighted by Crippen LogP contribution is -2.47. The molecule has 2 aromatic rings. The van der Waals surface area contributed by atoms with Gasteiger partial charge in [0.2, 0.25) is 0 Å². The van der Waals surface area contributed by atoms with Gasteiger partial charge in [0.05, 0.1) is 5.69 Å². The average Bonchev–Trinajstić information content (AvgIpc) is 2.74. The summed E-state index contributed by atoms with van der Waals surface area (Å²) >= 11 is 0. The Morgan fingerprint density at radius 2 is 1.59 bits per heavy atom. The molecule has 3 heterocycles. The van der Waals surface area contributed by atoms with E-state index in [2.05, 4.69) is 14.9 Å². The number of amides is 1. The van der Waals surface area contributed by atoms with Crippen molar-refractivity contribution in [3.05, 3.63) is 48.2 Å². The quantitative estimate of drug-likeness (QED) is 0.832. The zero-order valence-electron chi connectivity index (χ0n) is 15.4. The van der Waals surface area contributed by atoms with Gasteiger partial charge in [0.25, 0.3) is 5.91 Å². The second-order valence-corrected chi connectivity index (χ2v) is 7.04. The molecule has 0 aliphatic carbocycles. The topological polar surface area (TPSA) is 52.6 Å². The number of carbonyl (C=O) groups is 1. The lowest BCUT2D eigenvalue weighted by atomic mass is 10.1. The number of piperidine rings is 1. The number of anilines is 2. The zero-order chi connectivity index (χ0) is 18.6. The standard InChI is InChI=1S/C20H24FN5O/c21-16-6-2-3-7-18(16)24-10-12-25(13-11-24)19-14-17(22-15-23-19)20(27)26-8-4-1-5-9-26/h2-3,6-7,14-15H,1,4-5,8-13H2. The molecule has 27 heavy (non-hydrogen) atoms. The number of likely N-dealkylation sites (tertiary alicyclic amines) is 1. The van der Waals surface area contributed by atoms with E-state index in [0.717, 1.165) is 44.8 Å². The molecule has 6 nitrogen and oxygen atoms in total. The van der Waals surface area contributed by atoms with Gasteiger partial charge in [-0.15, -0.1) is 0 Å². The molecular formula is C20H24FN5O. The summed E-state index contributed by atoms with van der Waals surface area (Å²) in [6.07, 6.45) is 4.77. The van der Waals surface area contributed by atoms with E-state index >= 15 is 0 Å². The van der Waals surface area contributed by atoms with Crippen LogP contribution in [0.1, 0.15) is 29.8 Å². The lowest BCUT2D eigenvalue weighted by molar-refractivity contribution is 0.0718. The average molecular weight is 369 g/mol. The number of aromatic nitrogens is 2. The van der Waals surface area contributed by atoms with Crippen molar-refractivity contribution in [2.24, 2.45) is 0 Å². The summed E-state index contributed by atoms with van der Waals surface area (Å²) in [6.45, 7) is 4.48. The Bertz CT molecular complexity index is 800. The van der Waals surface area contributed by atoms with Gasteiger partial charge in [0, 0.05) is 45.3 Å². The van der Waals surface area contributed by atoms with Crippen LogP contribution in [0.15, 0.2) is 36.7 Å². The molecule has 7 heteroatoms. The third-order valence-electron chi connectivity index (χ3n) is 5.31. The van der Waals surface area contributed by atoms with Gasteiger partial charge >= 0.3 is 0 Å². The van der Waals surface area contributed by atoms with E-state index in [1.807, 2.05) is 21.9 Å². The van der Waals surface area contributed by atoms with Gasteiger partial charge in [-0.2, -0.15) is 0 Å². The summed E-state index contributed by atoms with van der Waals surface area (Å²) in [7, 11) is 0. The first-order chi connectivity index (χ1) is 13.2. The summed E-state index contributed by atoms with van der Waals surface area (Å²) in [5, 5.41) is 0. The Morgan fingerprint density at radius 1 is 0.889 bits per heavy atom. The fourth-order valence-electron chi connectivity index (χ4n) is 3.78. The molecule has 0 N–H and O–H groups in total. The molecular weight excluding hydrogens is 345 g/mol. The normalized spacial score (nSPS) is 17.9. The number of para-hydroxylation sites is 1. The minimum atomic E-state index is -0.192. The van der Waals surface area contributed by atoms with Crippen LogP contribution in [0.25, 0.3) is 0 Å². The molecule has 0 unspecified atom stereocenters. The van der Waals surface area contributed by atoms with Crippen LogP contribution in [0.2, 0.25) is 0 Å². The minimum absolute atomic E-state index is 0.0108. The smallest absolute Gasteiger partial charge is 0.272 e.